The van der Waals surface area contributed by atoms with E-state index in [-0.39, 0.29) is 72.5 Å². The molecule has 0 aromatic heterocycles. The predicted octanol–water partition coefficient (Wildman–Crippen LogP) is -6.87. The van der Waals surface area contributed by atoms with E-state index in [1.165, 1.54) is 0 Å². The summed E-state index contributed by atoms with van der Waals surface area (Å²) >= 11 is 0. The van der Waals surface area contributed by atoms with Crippen molar-refractivity contribution >= 4 is 20.8 Å². The van der Waals surface area contributed by atoms with Crippen LogP contribution in [-0.4, -0.2) is 67.9 Å². The summed E-state index contributed by atoms with van der Waals surface area (Å²) < 4.78 is 68.2. The number of hydrogen-bond acceptors (Lipinski definition) is 8. The summed E-state index contributed by atoms with van der Waals surface area (Å²) in [6.45, 7) is 0. The molecular weight excluding hydrogens is 429 g/mol. The van der Waals surface area contributed by atoms with E-state index >= 15 is 0 Å². The molecule has 0 rings (SSSR count). The third kappa shape index (κ3) is 41900. The van der Waals surface area contributed by atoms with Crippen molar-refractivity contribution in [1.29, 1.82) is 0 Å². The molecule has 0 unspecified atom stereocenters. The molecule has 20 N–H and O–H groups in total. The van der Waals surface area contributed by atoms with Crippen LogP contribution in [0.3, 0.4) is 0 Å². The van der Waals surface area contributed by atoms with Gasteiger partial charge in [-0.1, -0.05) is 0 Å². The van der Waals surface area contributed by atoms with Crippen molar-refractivity contribution in [3.8, 4) is 0 Å². The van der Waals surface area contributed by atoms with E-state index in [0.29, 0.717) is 0 Å². The van der Waals surface area contributed by atoms with Crippen LogP contribution in [0.4, 0.5) is 0 Å². The van der Waals surface area contributed by atoms with Crippen LogP contribution in [0.25, 0.3) is 0 Å². The van der Waals surface area contributed by atoms with E-state index in [1.54, 1.807) is 0 Å². The van der Waals surface area contributed by atoms with Crippen molar-refractivity contribution in [3.63, 3.8) is 0 Å². The van der Waals surface area contributed by atoms with Crippen molar-refractivity contribution in [2.24, 2.45) is 0 Å². The van der Waals surface area contributed by atoms with Crippen molar-refractivity contribution in [2.75, 3.05) is 0 Å². The van der Waals surface area contributed by atoms with Crippen molar-refractivity contribution in [2.45, 2.75) is 0 Å². The summed E-state index contributed by atoms with van der Waals surface area (Å²) in [6, 6.07) is 0. The zero-order valence-electron chi connectivity index (χ0n) is 9.79. The van der Waals surface area contributed by atoms with Gasteiger partial charge in [0.2, 0.25) is 0 Å². The Bertz CT molecular complexity index is 220. The molecule has 0 aliphatic heterocycles. The second kappa shape index (κ2) is 36.2. The molecule has 16 nitrogen and oxygen atoms in total. The Labute approximate surface area is 128 Å². The molecular formula is H20CdN2O14S2. The number of quaternary nitrogens is 2. The number of rotatable bonds is 0. The van der Waals surface area contributed by atoms with Crippen LogP contribution in [0.5, 0.6) is 0 Å². The first kappa shape index (κ1) is 93.5. The fourth-order valence-electron chi connectivity index (χ4n) is 0. The van der Waals surface area contributed by atoms with Gasteiger partial charge in [-0.05, 0) is 0 Å². The van der Waals surface area contributed by atoms with E-state index < -0.39 is 20.8 Å². The zero-order chi connectivity index (χ0) is 9.00. The fourth-order valence-corrected chi connectivity index (χ4v) is 0. The molecule has 0 aromatic rings. The van der Waals surface area contributed by atoms with Crippen LogP contribution in [0, 0.1) is 0 Å². The van der Waals surface area contributed by atoms with Crippen LogP contribution < -0.4 is 12.3 Å². The molecule has 0 aromatic carbocycles. The largest absolute Gasteiger partial charge is 2.00 e. The van der Waals surface area contributed by atoms with E-state index in [2.05, 4.69) is 0 Å². The summed E-state index contributed by atoms with van der Waals surface area (Å²) in [5.74, 6) is 0. The van der Waals surface area contributed by atoms with E-state index in [1.807, 2.05) is 0 Å². The van der Waals surface area contributed by atoms with Crippen LogP contribution in [0.2, 0.25) is 0 Å². The first-order valence-electron chi connectivity index (χ1n) is 1.33. The van der Waals surface area contributed by atoms with Gasteiger partial charge in [-0.3, -0.25) is 16.8 Å². The van der Waals surface area contributed by atoms with Crippen molar-refractivity contribution in [1.82, 2.24) is 12.3 Å². The molecule has 0 aliphatic carbocycles. The van der Waals surface area contributed by atoms with Gasteiger partial charge in [0, 0.05) is 20.8 Å². The van der Waals surface area contributed by atoms with Gasteiger partial charge in [-0.25, -0.2) is 0 Å². The molecule has 0 radical (unpaired) electrons. The average molecular weight is 449 g/mol. The van der Waals surface area contributed by atoms with E-state index in [0.717, 1.165) is 0 Å². The third-order valence-corrected chi connectivity index (χ3v) is 0. The van der Waals surface area contributed by atoms with Gasteiger partial charge in [0.15, 0.2) is 0 Å². The van der Waals surface area contributed by atoms with E-state index in [9.17, 15) is 0 Å². The predicted molar refractivity (Wildman–Crippen MR) is 54.6 cm³/mol. The second-order valence-electron chi connectivity index (χ2n) is 0.816. The van der Waals surface area contributed by atoms with Gasteiger partial charge in [0.05, 0.1) is 0 Å². The first-order valence-corrected chi connectivity index (χ1v) is 4.00. The number of hydrogen-bond donors (Lipinski definition) is 2. The summed E-state index contributed by atoms with van der Waals surface area (Å²) in [6.07, 6.45) is 0. The van der Waals surface area contributed by atoms with Crippen LogP contribution >= 0.6 is 0 Å². The molecule has 19 heavy (non-hydrogen) atoms. The maximum atomic E-state index is 8.52. The summed E-state index contributed by atoms with van der Waals surface area (Å²) in [5, 5.41) is 0. The average Bonchev–Trinajstić information content (AvgIpc) is 1.12. The standard InChI is InChI=1S/Cd.2H3N.2H2O4S.6H2O/c;;;2*1-5(2,3)4;;;;;;/h;2*1H3;2*(H2,1,2,3,4);6*1H2/q+2;;;;;;;;;;/p-2. The normalized spacial score (nSPS) is 6.11. The molecule has 0 fully saturated rings. The van der Waals surface area contributed by atoms with Crippen LogP contribution in [0.1, 0.15) is 0 Å². The van der Waals surface area contributed by atoms with Crippen LogP contribution in [-0.2, 0) is 48.1 Å². The minimum atomic E-state index is -5.17. The topological polar surface area (TPSA) is 423 Å². The Morgan fingerprint density at radius 1 is 0.474 bits per heavy atom. The maximum absolute atomic E-state index is 8.52. The molecule has 19 heteroatoms. The summed E-state index contributed by atoms with van der Waals surface area (Å²) in [4.78, 5) is 0. The van der Waals surface area contributed by atoms with Crippen molar-refractivity contribution < 1.29 is 95.2 Å². The minimum absolute atomic E-state index is 0. The molecule has 0 heterocycles. The van der Waals surface area contributed by atoms with Gasteiger partial charge in [-0.2, -0.15) is 0 Å². The zero-order valence-corrected chi connectivity index (χ0v) is 15.5. The quantitative estimate of drug-likeness (QED) is 0.203. The van der Waals surface area contributed by atoms with Gasteiger partial charge in [0.25, 0.3) is 0 Å². The van der Waals surface area contributed by atoms with Gasteiger partial charge in [-0.15, -0.1) is 0 Å². The van der Waals surface area contributed by atoms with Crippen LogP contribution in [0.15, 0.2) is 0 Å². The molecule has 0 bridgehead atoms. The second-order valence-corrected chi connectivity index (χ2v) is 2.45. The maximum Gasteiger partial charge on any atom is 2.00 e. The monoisotopic (exact) mass is 450 g/mol. The molecule has 0 atom stereocenters. The Balaban J connectivity index is -0.00000000508. The van der Waals surface area contributed by atoms with Gasteiger partial charge in [0.1, 0.15) is 0 Å². The van der Waals surface area contributed by atoms with E-state index in [4.69, 9.17) is 35.0 Å². The molecule has 0 spiro atoms. The minimum Gasteiger partial charge on any atom is -0.759 e. The molecule has 128 valence electrons. The Hall–Kier alpha value is 0.342. The van der Waals surface area contributed by atoms with Gasteiger partial charge >= 0.3 is 27.3 Å². The molecule has 0 saturated heterocycles. The molecule has 0 amide bonds. The molecule has 0 aliphatic rings. The summed E-state index contributed by atoms with van der Waals surface area (Å²) in [7, 11) is -10.3. The first-order chi connectivity index (χ1) is 4.00. The van der Waals surface area contributed by atoms with Crippen molar-refractivity contribution in [3.05, 3.63) is 0 Å². The van der Waals surface area contributed by atoms with Gasteiger partial charge < -0.3 is 63.4 Å². The molecule has 0 saturated carbocycles. The SMILES string of the molecule is O.O.O.O.O.O.O=S(=O)([O-])[O-].O=S(=O)([O-])[O-].[Cd+2].[NH4+].[NH4+]. The smallest absolute Gasteiger partial charge is 0.759 e. The Morgan fingerprint density at radius 3 is 0.474 bits per heavy atom. The third-order valence-electron chi connectivity index (χ3n) is 0. The fraction of sp³-hybridized carbons (Fsp3) is 0. The summed E-state index contributed by atoms with van der Waals surface area (Å²) in [5.41, 5.74) is 0. The Morgan fingerprint density at radius 2 is 0.474 bits per heavy atom. The Kier molecular flexibility index (Phi) is 178.